The van der Waals surface area contributed by atoms with Gasteiger partial charge in [0.25, 0.3) is 0 Å². The maximum atomic E-state index is 11.8. The Kier molecular flexibility index (Phi) is 4.71. The lowest BCUT2D eigenvalue weighted by molar-refractivity contribution is -0.382. The van der Waals surface area contributed by atoms with E-state index in [9.17, 15) is 23.6 Å². The molecule has 1 N–H and O–H groups in total. The summed E-state index contributed by atoms with van der Waals surface area (Å²) >= 11 is 0. The first-order valence-corrected chi connectivity index (χ1v) is 9.76. The van der Waals surface area contributed by atoms with Gasteiger partial charge in [-0.25, -0.2) is 13.0 Å². The molecule has 0 amide bonds. The van der Waals surface area contributed by atoms with Crippen molar-refractivity contribution in [2.24, 2.45) is 0 Å². The standard InChI is InChI=1S/C14H19N5O6S/c1-17(4-5-20)11-7-10(18(2)9-3-6-26(23,24)8-9)12-13(16-25-15-12)14(11)19(21)22/h7,9,20H,3-6,8H2,1-2H3. The first-order chi connectivity index (χ1) is 12.2. The van der Waals surface area contributed by atoms with E-state index >= 15 is 0 Å². The fraction of sp³-hybridized carbons (Fsp3) is 0.571. The summed E-state index contributed by atoms with van der Waals surface area (Å²) < 4.78 is 28.3. The van der Waals surface area contributed by atoms with Gasteiger partial charge in [-0.1, -0.05) is 0 Å². The molecule has 1 aliphatic heterocycles. The molecule has 1 unspecified atom stereocenters. The molecule has 1 aliphatic rings. The lowest BCUT2D eigenvalue weighted by atomic mass is 10.1. The van der Waals surface area contributed by atoms with E-state index in [-0.39, 0.29) is 53.1 Å². The van der Waals surface area contributed by atoms with E-state index in [1.165, 1.54) is 4.90 Å². The molecule has 0 saturated carbocycles. The number of likely N-dealkylation sites (N-methyl/N-ethyl adjacent to an activating group) is 1. The van der Waals surface area contributed by atoms with Gasteiger partial charge >= 0.3 is 5.69 Å². The monoisotopic (exact) mass is 385 g/mol. The van der Waals surface area contributed by atoms with E-state index in [0.717, 1.165) is 0 Å². The normalized spacial score (nSPS) is 19.0. The van der Waals surface area contributed by atoms with Gasteiger partial charge in [-0.05, 0) is 22.8 Å². The molecule has 0 radical (unpaired) electrons. The van der Waals surface area contributed by atoms with Crippen molar-refractivity contribution >= 4 is 37.9 Å². The molecule has 12 heteroatoms. The first-order valence-electron chi connectivity index (χ1n) is 7.94. The second-order valence-corrected chi connectivity index (χ2v) is 8.52. The third kappa shape index (κ3) is 3.17. The highest BCUT2D eigenvalue weighted by atomic mass is 32.2. The van der Waals surface area contributed by atoms with Crippen LogP contribution in [0.4, 0.5) is 17.1 Å². The SMILES string of the molecule is CN(CCO)c1cc(N(C)C2CCS(=O)(=O)C2)c2nonc2c1[N+](=O)[O-]. The number of rotatable bonds is 6. The predicted octanol–water partition coefficient (Wildman–Crippen LogP) is 0.183. The molecular weight excluding hydrogens is 366 g/mol. The molecule has 1 saturated heterocycles. The van der Waals surface area contributed by atoms with Gasteiger partial charge in [0.05, 0.1) is 28.7 Å². The van der Waals surface area contributed by atoms with Crippen molar-refractivity contribution in [3.63, 3.8) is 0 Å². The van der Waals surface area contributed by atoms with Crippen LogP contribution in [0.25, 0.3) is 11.0 Å². The Hall–Kier alpha value is -2.47. The molecule has 2 heterocycles. The summed E-state index contributed by atoms with van der Waals surface area (Å²) in [4.78, 5) is 14.3. The van der Waals surface area contributed by atoms with Crippen LogP contribution in [0.2, 0.25) is 0 Å². The number of sulfone groups is 1. The molecule has 0 bridgehead atoms. The number of nitro groups is 1. The van der Waals surface area contributed by atoms with Crippen LogP contribution in [-0.2, 0) is 9.84 Å². The van der Waals surface area contributed by atoms with Gasteiger partial charge in [0.1, 0.15) is 5.69 Å². The summed E-state index contributed by atoms with van der Waals surface area (Å²) in [5, 5.41) is 28.2. The van der Waals surface area contributed by atoms with E-state index < -0.39 is 14.8 Å². The predicted molar refractivity (Wildman–Crippen MR) is 94.3 cm³/mol. The average molecular weight is 385 g/mol. The third-order valence-electron chi connectivity index (χ3n) is 4.64. The number of aliphatic hydroxyl groups excluding tert-OH is 1. The summed E-state index contributed by atoms with van der Waals surface area (Å²) in [6.45, 7) is -0.00656. The van der Waals surface area contributed by atoms with Crippen molar-refractivity contribution < 1.29 is 23.1 Å². The summed E-state index contributed by atoms with van der Waals surface area (Å²) in [5.74, 6) is 0.113. The van der Waals surface area contributed by atoms with Gasteiger partial charge < -0.3 is 14.9 Å². The van der Waals surface area contributed by atoms with Crippen LogP contribution >= 0.6 is 0 Å². The molecule has 11 nitrogen and oxygen atoms in total. The Bertz CT molecular complexity index is 943. The molecule has 26 heavy (non-hydrogen) atoms. The zero-order valence-electron chi connectivity index (χ0n) is 14.3. The van der Waals surface area contributed by atoms with Gasteiger partial charge in [-0.2, -0.15) is 0 Å². The highest BCUT2D eigenvalue weighted by Gasteiger charge is 2.34. The second kappa shape index (κ2) is 6.68. The number of hydrogen-bond donors (Lipinski definition) is 1. The van der Waals surface area contributed by atoms with E-state index in [1.54, 1.807) is 25.1 Å². The van der Waals surface area contributed by atoms with Gasteiger partial charge in [0.15, 0.2) is 15.4 Å². The number of nitrogens with zero attached hydrogens (tertiary/aromatic N) is 5. The quantitative estimate of drug-likeness (QED) is 0.540. The van der Waals surface area contributed by atoms with Crippen LogP contribution in [0.5, 0.6) is 0 Å². The summed E-state index contributed by atoms with van der Waals surface area (Å²) in [6, 6.07) is 1.29. The minimum absolute atomic E-state index is 0.00900. The highest BCUT2D eigenvalue weighted by molar-refractivity contribution is 7.91. The molecule has 2 aromatic rings. The summed E-state index contributed by atoms with van der Waals surface area (Å²) in [7, 11) is 0.234. The van der Waals surface area contributed by atoms with Crippen LogP contribution in [0.3, 0.4) is 0 Å². The number of anilines is 2. The van der Waals surface area contributed by atoms with E-state index in [1.807, 2.05) is 0 Å². The maximum absolute atomic E-state index is 11.8. The van der Waals surface area contributed by atoms with Crippen molar-refractivity contribution in [3.8, 4) is 0 Å². The molecule has 142 valence electrons. The number of aromatic nitrogens is 2. The van der Waals surface area contributed by atoms with Crippen molar-refractivity contribution in [2.45, 2.75) is 12.5 Å². The zero-order chi connectivity index (χ0) is 19.1. The number of hydrogen-bond acceptors (Lipinski definition) is 10. The topological polar surface area (TPSA) is 143 Å². The largest absolute Gasteiger partial charge is 0.395 e. The zero-order valence-corrected chi connectivity index (χ0v) is 15.1. The van der Waals surface area contributed by atoms with E-state index in [2.05, 4.69) is 10.3 Å². The molecular formula is C14H19N5O6S. The summed E-state index contributed by atoms with van der Waals surface area (Å²) in [5.41, 5.74) is 0.654. The minimum Gasteiger partial charge on any atom is -0.395 e. The molecule has 1 fully saturated rings. The fourth-order valence-electron chi connectivity index (χ4n) is 3.19. The first kappa shape index (κ1) is 18.3. The number of nitro benzene ring substituents is 1. The highest BCUT2D eigenvalue weighted by Crippen LogP contribution is 2.40. The molecule has 1 atom stereocenters. The molecule has 0 spiro atoms. The average Bonchev–Trinajstić information content (AvgIpc) is 3.18. The van der Waals surface area contributed by atoms with Crippen LogP contribution in [0.15, 0.2) is 10.7 Å². The Morgan fingerprint density at radius 1 is 1.35 bits per heavy atom. The third-order valence-corrected chi connectivity index (χ3v) is 6.39. The maximum Gasteiger partial charge on any atom is 0.323 e. The van der Waals surface area contributed by atoms with Crippen LogP contribution in [-0.4, -0.2) is 73.6 Å². The van der Waals surface area contributed by atoms with Crippen LogP contribution in [0, 0.1) is 10.1 Å². The molecule has 3 rings (SSSR count). The van der Waals surface area contributed by atoms with E-state index in [4.69, 9.17) is 4.63 Å². The number of fused-ring (bicyclic) bond motifs is 1. The Morgan fingerprint density at radius 3 is 2.62 bits per heavy atom. The van der Waals surface area contributed by atoms with Crippen molar-refractivity contribution in [2.75, 3.05) is 48.6 Å². The van der Waals surface area contributed by atoms with Crippen molar-refractivity contribution in [3.05, 3.63) is 16.2 Å². The van der Waals surface area contributed by atoms with E-state index in [0.29, 0.717) is 12.1 Å². The molecule has 1 aromatic heterocycles. The second-order valence-electron chi connectivity index (χ2n) is 6.29. The lowest BCUT2D eigenvalue weighted by Gasteiger charge is -2.27. The fourth-order valence-corrected chi connectivity index (χ4v) is 4.96. The van der Waals surface area contributed by atoms with Crippen LogP contribution < -0.4 is 9.80 Å². The lowest BCUT2D eigenvalue weighted by Crippen LogP contribution is -2.33. The molecule has 1 aromatic carbocycles. The molecule has 0 aliphatic carbocycles. The van der Waals surface area contributed by atoms with Gasteiger partial charge in [0, 0.05) is 26.7 Å². The minimum atomic E-state index is -3.10. The summed E-state index contributed by atoms with van der Waals surface area (Å²) in [6.07, 6.45) is 0.463. The van der Waals surface area contributed by atoms with Gasteiger partial charge in [-0.15, -0.1) is 0 Å². The van der Waals surface area contributed by atoms with Crippen molar-refractivity contribution in [1.29, 1.82) is 0 Å². The van der Waals surface area contributed by atoms with Gasteiger partial charge in [0.2, 0.25) is 5.52 Å². The Balaban J connectivity index is 2.15. The number of benzene rings is 1. The smallest absolute Gasteiger partial charge is 0.323 e. The van der Waals surface area contributed by atoms with Crippen molar-refractivity contribution in [1.82, 2.24) is 10.3 Å². The van der Waals surface area contributed by atoms with Crippen LogP contribution in [0.1, 0.15) is 6.42 Å². The Morgan fingerprint density at radius 2 is 2.04 bits per heavy atom. The Labute approximate surface area is 149 Å². The van der Waals surface area contributed by atoms with Gasteiger partial charge in [-0.3, -0.25) is 10.1 Å². The number of aliphatic hydroxyl groups is 1.